The van der Waals surface area contributed by atoms with Crippen molar-refractivity contribution in [2.24, 2.45) is 5.73 Å². The van der Waals surface area contributed by atoms with Crippen LogP contribution in [0.4, 0.5) is 0 Å². The molecule has 2 amide bonds. The zero-order chi connectivity index (χ0) is 21.5. The summed E-state index contributed by atoms with van der Waals surface area (Å²) in [5.41, 5.74) is 7.32. The molecular formula is C23H21ClN2O4. The number of hydrogen-bond acceptors (Lipinski definition) is 4. The number of primary amides is 1. The average molecular weight is 425 g/mol. The SMILES string of the molecule is COc1cc(C(=O)NC(c2ccccc2)c2ccc(Cl)cc2)ccc1OCC(N)=O. The van der Waals surface area contributed by atoms with Crippen LogP contribution in [0.25, 0.3) is 0 Å². The molecule has 7 heteroatoms. The quantitative estimate of drug-likeness (QED) is 0.576. The third-order valence-electron chi connectivity index (χ3n) is 4.41. The second-order valence-corrected chi connectivity index (χ2v) is 6.93. The predicted octanol–water partition coefficient (Wildman–Crippen LogP) is 3.73. The van der Waals surface area contributed by atoms with Crippen molar-refractivity contribution in [2.45, 2.75) is 6.04 Å². The molecule has 0 aliphatic heterocycles. The van der Waals surface area contributed by atoms with Crippen molar-refractivity contribution in [1.82, 2.24) is 5.32 Å². The van der Waals surface area contributed by atoms with Crippen molar-refractivity contribution >= 4 is 23.4 Å². The molecular weight excluding hydrogens is 404 g/mol. The minimum Gasteiger partial charge on any atom is -0.493 e. The average Bonchev–Trinajstić information content (AvgIpc) is 2.77. The van der Waals surface area contributed by atoms with Crippen LogP contribution in [0, 0.1) is 0 Å². The molecule has 154 valence electrons. The number of carbonyl (C=O) groups excluding carboxylic acids is 2. The summed E-state index contributed by atoms with van der Waals surface area (Å²) in [5.74, 6) is -0.247. The molecule has 1 atom stereocenters. The number of halogens is 1. The molecule has 3 N–H and O–H groups in total. The van der Waals surface area contributed by atoms with Crippen LogP contribution in [0.3, 0.4) is 0 Å². The Balaban J connectivity index is 1.87. The van der Waals surface area contributed by atoms with Gasteiger partial charge in [-0.1, -0.05) is 54.1 Å². The van der Waals surface area contributed by atoms with Crippen molar-refractivity contribution in [1.29, 1.82) is 0 Å². The standard InChI is InChI=1S/C23H21ClN2O4/c1-29-20-13-17(9-12-19(20)30-14-21(25)27)23(28)26-22(15-5-3-2-4-6-15)16-7-10-18(24)11-8-16/h2-13,22H,14H2,1H3,(H2,25,27)(H,26,28). The molecule has 6 nitrogen and oxygen atoms in total. The number of hydrogen-bond donors (Lipinski definition) is 2. The number of benzene rings is 3. The van der Waals surface area contributed by atoms with E-state index in [1.165, 1.54) is 7.11 Å². The number of amides is 2. The van der Waals surface area contributed by atoms with Gasteiger partial charge in [0.25, 0.3) is 11.8 Å². The zero-order valence-corrected chi connectivity index (χ0v) is 17.1. The van der Waals surface area contributed by atoms with Crippen molar-refractivity contribution < 1.29 is 19.1 Å². The second kappa shape index (κ2) is 9.80. The second-order valence-electron chi connectivity index (χ2n) is 6.49. The van der Waals surface area contributed by atoms with E-state index in [1.54, 1.807) is 30.3 Å². The number of carbonyl (C=O) groups is 2. The summed E-state index contributed by atoms with van der Waals surface area (Å²) in [6, 6.07) is 21.3. The highest BCUT2D eigenvalue weighted by atomic mass is 35.5. The van der Waals surface area contributed by atoms with E-state index in [9.17, 15) is 9.59 Å². The van der Waals surface area contributed by atoms with Gasteiger partial charge in [-0.15, -0.1) is 0 Å². The van der Waals surface area contributed by atoms with Gasteiger partial charge >= 0.3 is 0 Å². The van der Waals surface area contributed by atoms with E-state index in [2.05, 4.69) is 5.32 Å². The Kier molecular flexibility index (Phi) is 6.93. The molecule has 30 heavy (non-hydrogen) atoms. The molecule has 0 heterocycles. The van der Waals surface area contributed by atoms with Crippen LogP contribution in [0.1, 0.15) is 27.5 Å². The highest BCUT2D eigenvalue weighted by molar-refractivity contribution is 6.30. The lowest BCUT2D eigenvalue weighted by Crippen LogP contribution is -2.29. The fourth-order valence-corrected chi connectivity index (χ4v) is 3.08. The van der Waals surface area contributed by atoms with Crippen LogP contribution in [-0.4, -0.2) is 25.5 Å². The van der Waals surface area contributed by atoms with E-state index in [1.807, 2.05) is 42.5 Å². The molecule has 0 aliphatic carbocycles. The Hall–Kier alpha value is -3.51. The van der Waals surface area contributed by atoms with Gasteiger partial charge in [0, 0.05) is 10.6 Å². The maximum atomic E-state index is 13.0. The smallest absolute Gasteiger partial charge is 0.255 e. The van der Waals surface area contributed by atoms with Crippen LogP contribution in [0.2, 0.25) is 5.02 Å². The minimum atomic E-state index is -0.604. The van der Waals surface area contributed by atoms with Crippen LogP contribution in [0.5, 0.6) is 11.5 Å². The largest absolute Gasteiger partial charge is 0.493 e. The van der Waals surface area contributed by atoms with E-state index in [4.69, 9.17) is 26.8 Å². The van der Waals surface area contributed by atoms with E-state index < -0.39 is 5.91 Å². The molecule has 0 spiro atoms. The van der Waals surface area contributed by atoms with Gasteiger partial charge in [0.2, 0.25) is 0 Å². The third kappa shape index (κ3) is 5.30. The topological polar surface area (TPSA) is 90.7 Å². The monoisotopic (exact) mass is 424 g/mol. The molecule has 0 aliphatic rings. The Labute approximate surface area is 179 Å². The summed E-state index contributed by atoms with van der Waals surface area (Å²) in [6.07, 6.45) is 0. The first-order valence-corrected chi connectivity index (χ1v) is 9.56. The van der Waals surface area contributed by atoms with Gasteiger partial charge in [-0.25, -0.2) is 0 Å². The Morgan fingerprint density at radius 1 is 0.967 bits per heavy atom. The first-order chi connectivity index (χ1) is 14.5. The minimum absolute atomic E-state index is 0.283. The van der Waals surface area contributed by atoms with Gasteiger partial charge in [0.15, 0.2) is 18.1 Å². The van der Waals surface area contributed by atoms with Gasteiger partial charge in [-0.3, -0.25) is 9.59 Å². The van der Waals surface area contributed by atoms with Crippen molar-refractivity contribution in [3.63, 3.8) is 0 Å². The lowest BCUT2D eigenvalue weighted by molar-refractivity contribution is -0.119. The number of methoxy groups -OCH3 is 1. The summed E-state index contributed by atoms with van der Waals surface area (Å²) in [5, 5.41) is 3.67. The lowest BCUT2D eigenvalue weighted by atomic mass is 9.98. The summed E-state index contributed by atoms with van der Waals surface area (Å²) in [4.78, 5) is 23.9. The van der Waals surface area contributed by atoms with Crippen LogP contribution in [0.15, 0.2) is 72.8 Å². The van der Waals surface area contributed by atoms with Gasteiger partial charge < -0.3 is 20.5 Å². The van der Waals surface area contributed by atoms with E-state index in [-0.39, 0.29) is 18.6 Å². The zero-order valence-electron chi connectivity index (χ0n) is 16.3. The Morgan fingerprint density at radius 3 is 2.27 bits per heavy atom. The van der Waals surface area contributed by atoms with Crippen molar-refractivity contribution in [3.05, 3.63) is 94.5 Å². The maximum absolute atomic E-state index is 13.0. The van der Waals surface area contributed by atoms with Crippen LogP contribution >= 0.6 is 11.6 Å². The molecule has 0 radical (unpaired) electrons. The Morgan fingerprint density at radius 2 is 1.63 bits per heavy atom. The lowest BCUT2D eigenvalue weighted by Gasteiger charge is -2.20. The van der Waals surface area contributed by atoms with E-state index >= 15 is 0 Å². The first kappa shape index (κ1) is 21.2. The molecule has 0 saturated heterocycles. The van der Waals surface area contributed by atoms with Gasteiger partial charge in [-0.2, -0.15) is 0 Å². The predicted molar refractivity (Wildman–Crippen MR) is 115 cm³/mol. The van der Waals surface area contributed by atoms with Crippen LogP contribution in [-0.2, 0) is 4.79 Å². The van der Waals surface area contributed by atoms with Gasteiger partial charge in [0.05, 0.1) is 13.2 Å². The van der Waals surface area contributed by atoms with E-state index in [0.29, 0.717) is 22.1 Å². The molecule has 0 aromatic heterocycles. The van der Waals surface area contributed by atoms with E-state index in [0.717, 1.165) is 11.1 Å². The molecule has 0 fully saturated rings. The summed E-state index contributed by atoms with van der Waals surface area (Å²) in [6.45, 7) is -0.283. The highest BCUT2D eigenvalue weighted by Gasteiger charge is 2.19. The molecule has 0 bridgehead atoms. The molecule has 1 unspecified atom stereocenters. The number of ether oxygens (including phenoxy) is 2. The molecule has 3 rings (SSSR count). The fourth-order valence-electron chi connectivity index (χ4n) is 2.95. The number of nitrogens with two attached hydrogens (primary N) is 1. The highest BCUT2D eigenvalue weighted by Crippen LogP contribution is 2.29. The third-order valence-corrected chi connectivity index (χ3v) is 4.66. The first-order valence-electron chi connectivity index (χ1n) is 9.18. The van der Waals surface area contributed by atoms with Crippen molar-refractivity contribution in [2.75, 3.05) is 13.7 Å². The number of nitrogens with one attached hydrogen (secondary N) is 1. The summed E-state index contributed by atoms with van der Waals surface area (Å²) >= 11 is 6.02. The maximum Gasteiger partial charge on any atom is 0.255 e. The molecule has 3 aromatic carbocycles. The fraction of sp³-hybridized carbons (Fsp3) is 0.130. The number of rotatable bonds is 8. The van der Waals surface area contributed by atoms with Gasteiger partial charge in [-0.05, 0) is 41.5 Å². The molecule has 0 saturated carbocycles. The summed E-state index contributed by atoms with van der Waals surface area (Å²) < 4.78 is 10.6. The molecule has 3 aromatic rings. The normalized spacial score (nSPS) is 11.4. The summed E-state index contributed by atoms with van der Waals surface area (Å²) in [7, 11) is 1.45. The Bertz CT molecular complexity index is 1020. The van der Waals surface area contributed by atoms with Crippen molar-refractivity contribution in [3.8, 4) is 11.5 Å². The van der Waals surface area contributed by atoms with Gasteiger partial charge in [0.1, 0.15) is 0 Å². The van der Waals surface area contributed by atoms with Crippen LogP contribution < -0.4 is 20.5 Å².